The first kappa shape index (κ1) is 32.7. The minimum absolute atomic E-state index is 0.00786. The molecule has 0 unspecified atom stereocenters. The maximum atomic E-state index is 13.0. The first-order chi connectivity index (χ1) is 20.3. The van der Waals surface area contributed by atoms with Gasteiger partial charge in [0.05, 0.1) is 10.4 Å². The third kappa shape index (κ3) is 9.91. The van der Waals surface area contributed by atoms with E-state index >= 15 is 0 Å². The summed E-state index contributed by atoms with van der Waals surface area (Å²) in [6.45, 7) is 15.7. The zero-order chi connectivity index (χ0) is 31.2. The van der Waals surface area contributed by atoms with Gasteiger partial charge in [-0.2, -0.15) is 0 Å². The molecule has 1 saturated heterocycles. The SMILES string of the molecule is CC(=O)N1CCN(C(=O)c2cccc(CSc3cnc(NC(=O)c4ccc(CNC(C)(C)CC(C)(C)C)cc4)s3)c2)CC1. The molecule has 0 aliphatic carbocycles. The van der Waals surface area contributed by atoms with Crippen LogP contribution in [-0.4, -0.2) is 64.2 Å². The Hall–Kier alpha value is -3.21. The summed E-state index contributed by atoms with van der Waals surface area (Å²) in [4.78, 5) is 45.4. The number of amides is 3. The van der Waals surface area contributed by atoms with E-state index in [0.717, 1.165) is 28.3 Å². The maximum Gasteiger partial charge on any atom is 0.257 e. The van der Waals surface area contributed by atoms with Crippen LogP contribution in [-0.2, 0) is 17.1 Å². The second kappa shape index (κ2) is 14.1. The van der Waals surface area contributed by atoms with E-state index in [1.54, 1.807) is 29.8 Å². The highest BCUT2D eigenvalue weighted by Gasteiger charge is 2.25. The van der Waals surface area contributed by atoms with Gasteiger partial charge in [-0.3, -0.25) is 19.7 Å². The summed E-state index contributed by atoms with van der Waals surface area (Å²) >= 11 is 3.05. The van der Waals surface area contributed by atoms with Crippen LogP contribution in [0.25, 0.3) is 0 Å². The van der Waals surface area contributed by atoms with Crippen molar-refractivity contribution in [3.8, 4) is 0 Å². The molecule has 1 aliphatic rings. The van der Waals surface area contributed by atoms with Crippen LogP contribution in [0.15, 0.2) is 58.9 Å². The van der Waals surface area contributed by atoms with Crippen molar-refractivity contribution in [1.82, 2.24) is 20.1 Å². The molecule has 2 heterocycles. The number of thioether (sulfide) groups is 1. The Morgan fingerprint density at radius 2 is 1.58 bits per heavy atom. The highest BCUT2D eigenvalue weighted by Crippen LogP contribution is 2.31. The van der Waals surface area contributed by atoms with E-state index in [2.05, 4.69) is 50.2 Å². The molecule has 3 amide bonds. The molecule has 0 radical (unpaired) electrons. The first-order valence-corrected chi connectivity index (χ1v) is 16.5. The lowest BCUT2D eigenvalue weighted by Gasteiger charge is -2.34. The van der Waals surface area contributed by atoms with Crippen molar-refractivity contribution >= 4 is 46.0 Å². The van der Waals surface area contributed by atoms with Crippen molar-refractivity contribution in [1.29, 1.82) is 0 Å². The largest absolute Gasteiger partial charge is 0.339 e. The van der Waals surface area contributed by atoms with E-state index in [1.807, 2.05) is 53.4 Å². The highest BCUT2D eigenvalue weighted by atomic mass is 32.2. The van der Waals surface area contributed by atoms with Crippen molar-refractivity contribution in [3.63, 3.8) is 0 Å². The first-order valence-electron chi connectivity index (χ1n) is 14.7. The molecule has 1 aromatic heterocycles. The average Bonchev–Trinajstić information content (AvgIpc) is 3.41. The number of benzene rings is 2. The number of nitrogens with one attached hydrogen (secondary N) is 2. The van der Waals surface area contributed by atoms with E-state index in [4.69, 9.17) is 0 Å². The minimum atomic E-state index is -0.186. The zero-order valence-corrected chi connectivity index (χ0v) is 27.7. The fourth-order valence-electron chi connectivity index (χ4n) is 5.41. The Morgan fingerprint density at radius 1 is 0.907 bits per heavy atom. The molecule has 0 bridgehead atoms. The molecule has 10 heteroatoms. The fraction of sp³-hybridized carbons (Fsp3) is 0.455. The van der Waals surface area contributed by atoms with Crippen LogP contribution in [0.3, 0.4) is 0 Å². The number of hydrogen-bond acceptors (Lipinski definition) is 7. The molecule has 2 aromatic carbocycles. The number of carbonyl (C=O) groups is 3. The molecular formula is C33H43N5O3S2. The number of thiazole rings is 1. The maximum absolute atomic E-state index is 13.0. The van der Waals surface area contributed by atoms with Gasteiger partial charge in [0.1, 0.15) is 0 Å². The summed E-state index contributed by atoms with van der Waals surface area (Å²) in [7, 11) is 0. The number of rotatable bonds is 10. The van der Waals surface area contributed by atoms with E-state index in [1.165, 1.54) is 11.3 Å². The van der Waals surface area contributed by atoms with Crippen LogP contribution < -0.4 is 10.6 Å². The van der Waals surface area contributed by atoms with Crippen LogP contribution >= 0.6 is 23.1 Å². The summed E-state index contributed by atoms with van der Waals surface area (Å²) in [6.07, 6.45) is 2.82. The normalized spacial score (nSPS) is 14.1. The van der Waals surface area contributed by atoms with Crippen LogP contribution in [0.4, 0.5) is 5.13 Å². The summed E-state index contributed by atoms with van der Waals surface area (Å²) in [5.41, 5.74) is 3.67. The number of nitrogens with zero attached hydrogens (tertiary/aromatic N) is 3. The van der Waals surface area contributed by atoms with E-state index in [-0.39, 0.29) is 28.7 Å². The summed E-state index contributed by atoms with van der Waals surface area (Å²) in [6, 6.07) is 15.4. The Balaban J connectivity index is 1.26. The Morgan fingerprint density at radius 3 is 2.23 bits per heavy atom. The number of anilines is 1. The Kier molecular flexibility index (Phi) is 10.7. The van der Waals surface area contributed by atoms with E-state index in [9.17, 15) is 14.4 Å². The second-order valence-corrected chi connectivity index (χ2v) is 15.2. The third-order valence-electron chi connectivity index (χ3n) is 7.23. The monoisotopic (exact) mass is 621 g/mol. The van der Waals surface area contributed by atoms with Crippen LogP contribution in [0, 0.1) is 5.41 Å². The number of carbonyl (C=O) groups excluding carboxylic acids is 3. The number of aromatic nitrogens is 1. The second-order valence-electron chi connectivity index (χ2n) is 12.9. The molecule has 43 heavy (non-hydrogen) atoms. The summed E-state index contributed by atoms with van der Waals surface area (Å²) in [5.74, 6) is 0.530. The van der Waals surface area contributed by atoms with Gasteiger partial charge in [-0.25, -0.2) is 4.98 Å². The fourth-order valence-corrected chi connectivity index (χ4v) is 7.22. The van der Waals surface area contributed by atoms with Gasteiger partial charge in [-0.05, 0) is 61.1 Å². The quantitative estimate of drug-likeness (QED) is 0.258. The molecule has 3 aromatic rings. The third-order valence-corrected chi connectivity index (χ3v) is 9.41. The van der Waals surface area contributed by atoms with Crippen LogP contribution in [0.1, 0.15) is 79.8 Å². The minimum Gasteiger partial charge on any atom is -0.339 e. The van der Waals surface area contributed by atoms with Gasteiger partial charge in [-0.1, -0.05) is 56.4 Å². The number of hydrogen-bond donors (Lipinski definition) is 2. The van der Waals surface area contributed by atoms with Gasteiger partial charge in [-0.15, -0.1) is 11.8 Å². The highest BCUT2D eigenvalue weighted by molar-refractivity contribution is 8.00. The molecule has 4 rings (SSSR count). The summed E-state index contributed by atoms with van der Waals surface area (Å²) < 4.78 is 0.978. The number of piperazine rings is 1. The van der Waals surface area contributed by atoms with Gasteiger partial charge in [0.2, 0.25) is 5.91 Å². The van der Waals surface area contributed by atoms with Gasteiger partial charge in [0, 0.05) is 62.1 Å². The molecule has 0 spiro atoms. The zero-order valence-electron chi connectivity index (χ0n) is 26.0. The molecule has 2 N–H and O–H groups in total. The molecule has 0 atom stereocenters. The van der Waals surface area contributed by atoms with Gasteiger partial charge in [0.15, 0.2) is 5.13 Å². The lowest BCUT2D eigenvalue weighted by atomic mass is 9.82. The van der Waals surface area contributed by atoms with Gasteiger partial charge >= 0.3 is 0 Å². The Bertz CT molecular complexity index is 1420. The molecular weight excluding hydrogens is 579 g/mol. The average molecular weight is 622 g/mol. The lowest BCUT2D eigenvalue weighted by Crippen LogP contribution is -2.50. The van der Waals surface area contributed by atoms with E-state index < -0.39 is 0 Å². The predicted molar refractivity (Wildman–Crippen MR) is 176 cm³/mol. The predicted octanol–water partition coefficient (Wildman–Crippen LogP) is 6.30. The van der Waals surface area contributed by atoms with E-state index in [0.29, 0.717) is 48.2 Å². The van der Waals surface area contributed by atoms with Crippen molar-refractivity contribution in [2.75, 3.05) is 31.5 Å². The van der Waals surface area contributed by atoms with Crippen molar-refractivity contribution in [2.24, 2.45) is 5.41 Å². The Labute approximate surface area is 263 Å². The molecule has 230 valence electrons. The van der Waals surface area contributed by atoms with Crippen molar-refractivity contribution < 1.29 is 14.4 Å². The van der Waals surface area contributed by atoms with Gasteiger partial charge in [0.25, 0.3) is 11.8 Å². The summed E-state index contributed by atoms with van der Waals surface area (Å²) in [5, 5.41) is 7.10. The topological polar surface area (TPSA) is 94.6 Å². The lowest BCUT2D eigenvalue weighted by molar-refractivity contribution is -0.130. The smallest absolute Gasteiger partial charge is 0.257 e. The molecule has 8 nitrogen and oxygen atoms in total. The van der Waals surface area contributed by atoms with Crippen LogP contribution in [0.2, 0.25) is 0 Å². The van der Waals surface area contributed by atoms with Gasteiger partial charge < -0.3 is 15.1 Å². The molecule has 1 fully saturated rings. The van der Waals surface area contributed by atoms with Crippen molar-refractivity contribution in [3.05, 3.63) is 77.0 Å². The standard InChI is InChI=1S/C33H43N5O3S2/c1-23(39)37-14-16-38(17-15-37)30(41)27-9-7-8-25(18-27)21-42-28-20-34-31(43-28)36-29(40)26-12-10-24(11-13-26)19-35-33(5,6)22-32(2,3)4/h7-13,18,20,35H,14-17,19,21-22H2,1-6H3,(H,34,36,40). The molecule has 1 aliphatic heterocycles. The molecule has 0 saturated carbocycles. The van der Waals surface area contributed by atoms with Crippen molar-refractivity contribution in [2.45, 2.75) is 70.0 Å². The van der Waals surface area contributed by atoms with Crippen LogP contribution in [0.5, 0.6) is 0 Å².